The summed E-state index contributed by atoms with van der Waals surface area (Å²) in [4.78, 5) is 14.6. The van der Waals surface area contributed by atoms with Crippen molar-refractivity contribution in [1.29, 1.82) is 0 Å². The van der Waals surface area contributed by atoms with Crippen LogP contribution in [0.2, 0.25) is 0 Å². The molecule has 1 saturated carbocycles. The third-order valence-corrected chi connectivity index (χ3v) is 4.47. The molecule has 1 aromatic carbocycles. The first kappa shape index (κ1) is 15.8. The number of rotatable bonds is 5. The van der Waals surface area contributed by atoms with Gasteiger partial charge in [-0.05, 0) is 44.1 Å². The predicted octanol–water partition coefficient (Wildman–Crippen LogP) is 2.16. The predicted molar refractivity (Wildman–Crippen MR) is 91.6 cm³/mol. The van der Waals surface area contributed by atoms with Gasteiger partial charge < -0.3 is 11.5 Å². The van der Waals surface area contributed by atoms with Gasteiger partial charge in [0.25, 0.3) is 0 Å². The van der Waals surface area contributed by atoms with E-state index in [4.69, 9.17) is 16.3 Å². The zero-order chi connectivity index (χ0) is 16.1. The van der Waals surface area contributed by atoms with Crippen LogP contribution in [-0.2, 0) is 11.3 Å². The highest BCUT2D eigenvalue weighted by Gasteiger charge is 2.42. The quantitative estimate of drug-likeness (QED) is 0.815. The molecule has 1 aromatic rings. The van der Waals surface area contributed by atoms with Crippen LogP contribution in [-0.4, -0.2) is 29.3 Å². The summed E-state index contributed by atoms with van der Waals surface area (Å²) >= 11 is 0. The molecule has 23 heavy (non-hydrogen) atoms. The number of aryl methyl sites for hydroxylation is 1. The van der Waals surface area contributed by atoms with E-state index < -0.39 is 5.66 Å². The Hall–Kier alpha value is -2.08. The first-order chi connectivity index (χ1) is 11.2. The molecule has 1 heterocycles. The van der Waals surface area contributed by atoms with Gasteiger partial charge in [-0.15, -0.1) is 0 Å². The average Bonchev–Trinajstić information content (AvgIpc) is 2.55. The fourth-order valence-electron chi connectivity index (χ4n) is 3.36. The van der Waals surface area contributed by atoms with Crippen LogP contribution in [0.5, 0.6) is 0 Å². The highest BCUT2D eigenvalue weighted by Crippen LogP contribution is 2.36. The lowest BCUT2D eigenvalue weighted by Gasteiger charge is -2.44. The Balaban J connectivity index is 1.59. The average molecular weight is 315 g/mol. The van der Waals surface area contributed by atoms with E-state index in [-0.39, 0.29) is 5.96 Å². The summed E-state index contributed by atoms with van der Waals surface area (Å²) < 4.78 is 0. The molecule has 0 atom stereocenters. The van der Waals surface area contributed by atoms with Crippen molar-refractivity contribution in [3.63, 3.8) is 0 Å². The fraction of sp³-hybridized carbons (Fsp3) is 0.529. The van der Waals surface area contributed by atoms with Crippen molar-refractivity contribution in [2.45, 2.75) is 50.6 Å². The molecule has 0 radical (unpaired) electrons. The Kier molecular flexibility index (Phi) is 4.81. The summed E-state index contributed by atoms with van der Waals surface area (Å²) in [6.45, 7) is 0.586. The summed E-state index contributed by atoms with van der Waals surface area (Å²) in [7, 11) is 0. The Morgan fingerprint density at radius 1 is 1.09 bits per heavy atom. The van der Waals surface area contributed by atoms with Crippen molar-refractivity contribution < 1.29 is 4.84 Å². The molecule has 1 fully saturated rings. The maximum Gasteiger partial charge on any atom is 0.226 e. The molecule has 124 valence electrons. The zero-order valence-electron chi connectivity index (χ0n) is 13.4. The van der Waals surface area contributed by atoms with E-state index in [0.29, 0.717) is 12.6 Å². The van der Waals surface area contributed by atoms with E-state index in [2.05, 4.69) is 34.3 Å². The second kappa shape index (κ2) is 7.00. The second-order valence-electron chi connectivity index (χ2n) is 6.20. The van der Waals surface area contributed by atoms with Gasteiger partial charge in [0.05, 0.1) is 6.61 Å². The summed E-state index contributed by atoms with van der Waals surface area (Å²) in [6.07, 6.45) is 7.14. The van der Waals surface area contributed by atoms with Crippen molar-refractivity contribution in [2.24, 2.45) is 21.5 Å². The van der Waals surface area contributed by atoms with Crippen molar-refractivity contribution in [2.75, 3.05) is 6.61 Å². The zero-order valence-corrected chi connectivity index (χ0v) is 13.4. The summed E-state index contributed by atoms with van der Waals surface area (Å²) in [5.74, 6) is 0.577. The molecular formula is C17H25N5O. The molecule has 1 spiro atoms. The minimum absolute atomic E-state index is 0.258. The molecule has 0 unspecified atom stereocenters. The van der Waals surface area contributed by atoms with Crippen molar-refractivity contribution in [3.8, 4) is 0 Å². The van der Waals surface area contributed by atoms with Gasteiger partial charge >= 0.3 is 0 Å². The number of guanidine groups is 2. The molecule has 1 aliphatic carbocycles. The second-order valence-corrected chi connectivity index (χ2v) is 6.20. The monoisotopic (exact) mass is 315 g/mol. The van der Waals surface area contributed by atoms with Crippen molar-refractivity contribution in [3.05, 3.63) is 35.9 Å². The summed E-state index contributed by atoms with van der Waals surface area (Å²) in [6, 6.07) is 10.4. The largest absolute Gasteiger partial charge is 0.368 e. The van der Waals surface area contributed by atoms with E-state index in [0.717, 1.165) is 38.5 Å². The Labute approximate surface area is 137 Å². The number of hydrogen-bond donors (Lipinski definition) is 2. The first-order valence-electron chi connectivity index (χ1n) is 8.36. The van der Waals surface area contributed by atoms with Crippen LogP contribution in [0.4, 0.5) is 0 Å². The van der Waals surface area contributed by atoms with Crippen LogP contribution in [0, 0.1) is 0 Å². The Morgan fingerprint density at radius 3 is 2.57 bits per heavy atom. The van der Waals surface area contributed by atoms with Gasteiger partial charge in [0.15, 0.2) is 5.66 Å². The smallest absolute Gasteiger partial charge is 0.226 e. The van der Waals surface area contributed by atoms with Gasteiger partial charge in [0, 0.05) is 0 Å². The van der Waals surface area contributed by atoms with Gasteiger partial charge in [0.2, 0.25) is 11.9 Å². The molecule has 1 aliphatic heterocycles. The minimum atomic E-state index is -0.457. The molecule has 6 heteroatoms. The van der Waals surface area contributed by atoms with Crippen LogP contribution >= 0.6 is 0 Å². The normalized spacial score (nSPS) is 20.3. The third-order valence-electron chi connectivity index (χ3n) is 4.47. The number of nitrogens with zero attached hydrogens (tertiary/aromatic N) is 3. The van der Waals surface area contributed by atoms with Gasteiger partial charge in [-0.25, -0.2) is 4.99 Å². The molecule has 6 nitrogen and oxygen atoms in total. The lowest BCUT2D eigenvalue weighted by atomic mass is 9.89. The number of aliphatic imine (C=N–C) groups is 2. The standard InChI is InChI=1S/C17H25N5O/c18-15-20-16(19)22(17(21-15)11-5-2-6-12-17)23-13-7-10-14-8-3-1-4-9-14/h1,3-4,8-9H,2,5-7,10-13H2,(H4,18,19,20,21). The van der Waals surface area contributed by atoms with Crippen molar-refractivity contribution >= 4 is 11.9 Å². The fourth-order valence-corrected chi connectivity index (χ4v) is 3.36. The van der Waals surface area contributed by atoms with Gasteiger partial charge in [-0.3, -0.25) is 4.84 Å². The molecular weight excluding hydrogens is 290 g/mol. The first-order valence-corrected chi connectivity index (χ1v) is 8.36. The lowest BCUT2D eigenvalue weighted by Crippen LogP contribution is -2.57. The highest BCUT2D eigenvalue weighted by atomic mass is 16.7. The van der Waals surface area contributed by atoms with E-state index in [9.17, 15) is 0 Å². The van der Waals surface area contributed by atoms with Crippen LogP contribution < -0.4 is 11.5 Å². The summed E-state index contributed by atoms with van der Waals surface area (Å²) in [5, 5.41) is 1.70. The Morgan fingerprint density at radius 2 is 1.83 bits per heavy atom. The lowest BCUT2D eigenvalue weighted by molar-refractivity contribution is -0.177. The summed E-state index contributed by atoms with van der Waals surface area (Å²) in [5.41, 5.74) is 12.7. The number of benzene rings is 1. The SMILES string of the molecule is NC1=NC2(CCCCC2)N(OCCCc2ccccc2)C(N)=N1. The molecule has 0 amide bonds. The third kappa shape index (κ3) is 3.64. The van der Waals surface area contributed by atoms with Crippen LogP contribution in [0.1, 0.15) is 44.1 Å². The maximum atomic E-state index is 6.06. The van der Waals surface area contributed by atoms with E-state index in [1.54, 1.807) is 5.06 Å². The maximum absolute atomic E-state index is 6.06. The number of hydroxylamine groups is 2. The number of hydrogen-bond acceptors (Lipinski definition) is 6. The Bertz CT molecular complexity index is 578. The van der Waals surface area contributed by atoms with Crippen LogP contribution in [0.25, 0.3) is 0 Å². The van der Waals surface area contributed by atoms with E-state index in [1.807, 2.05) is 6.07 Å². The molecule has 3 rings (SSSR count). The topological polar surface area (TPSA) is 89.2 Å². The molecule has 2 aliphatic rings. The van der Waals surface area contributed by atoms with E-state index in [1.165, 1.54) is 12.0 Å². The minimum Gasteiger partial charge on any atom is -0.368 e. The van der Waals surface area contributed by atoms with E-state index >= 15 is 0 Å². The van der Waals surface area contributed by atoms with Crippen LogP contribution in [0.3, 0.4) is 0 Å². The molecule has 0 saturated heterocycles. The van der Waals surface area contributed by atoms with Gasteiger partial charge in [-0.1, -0.05) is 36.8 Å². The number of nitrogens with two attached hydrogens (primary N) is 2. The van der Waals surface area contributed by atoms with Crippen LogP contribution in [0.15, 0.2) is 40.3 Å². The highest BCUT2D eigenvalue weighted by molar-refractivity contribution is 5.95. The van der Waals surface area contributed by atoms with Gasteiger partial charge in [-0.2, -0.15) is 10.1 Å². The van der Waals surface area contributed by atoms with Gasteiger partial charge in [0.1, 0.15) is 0 Å². The molecule has 0 aromatic heterocycles. The molecule has 4 N–H and O–H groups in total. The van der Waals surface area contributed by atoms with Crippen molar-refractivity contribution in [1.82, 2.24) is 5.06 Å². The molecule has 0 bridgehead atoms.